The molecule has 0 saturated carbocycles. The molecule has 25 heavy (non-hydrogen) atoms. The molecule has 1 aromatic heterocycles. The maximum absolute atomic E-state index is 12.5. The minimum Gasteiger partial charge on any atom is -0.493 e. The molecule has 1 aliphatic heterocycles. The number of ether oxygens (including phenoxy) is 2. The Bertz CT molecular complexity index is 773. The second-order valence-corrected chi connectivity index (χ2v) is 7.45. The molecule has 0 spiro atoms. The number of fused-ring (bicyclic) bond motifs is 1. The van der Waals surface area contributed by atoms with Crippen LogP contribution in [0.2, 0.25) is 0 Å². The summed E-state index contributed by atoms with van der Waals surface area (Å²) in [5.41, 5.74) is 1.61. The molecule has 0 bridgehead atoms. The van der Waals surface area contributed by atoms with Crippen LogP contribution in [0.5, 0.6) is 11.5 Å². The molecule has 0 fully saturated rings. The normalized spacial score (nSPS) is 14.3. The van der Waals surface area contributed by atoms with Gasteiger partial charge in [0.1, 0.15) is 0 Å². The van der Waals surface area contributed by atoms with E-state index >= 15 is 0 Å². The molecule has 0 unspecified atom stereocenters. The number of benzene rings is 1. The summed E-state index contributed by atoms with van der Waals surface area (Å²) in [6.45, 7) is 5.78. The van der Waals surface area contributed by atoms with Gasteiger partial charge in [-0.1, -0.05) is 0 Å². The number of rotatable bonds is 5. The summed E-state index contributed by atoms with van der Waals surface area (Å²) in [4.78, 5) is 20.6. The fourth-order valence-corrected chi connectivity index (χ4v) is 3.79. The molecule has 0 saturated heterocycles. The second-order valence-electron chi connectivity index (χ2n) is 6.36. The Morgan fingerprint density at radius 2 is 2.16 bits per heavy atom. The van der Waals surface area contributed by atoms with Crippen molar-refractivity contribution in [1.82, 2.24) is 9.88 Å². The fraction of sp³-hybridized carbons (Fsp3) is 0.444. The average molecular weight is 361 g/mol. The summed E-state index contributed by atoms with van der Waals surface area (Å²) < 4.78 is 11.0. The minimum absolute atomic E-state index is 0.0355. The first kappa shape index (κ1) is 17.7. The zero-order valence-electron chi connectivity index (χ0n) is 15.0. The van der Waals surface area contributed by atoms with Gasteiger partial charge in [0, 0.05) is 30.0 Å². The Hall–Kier alpha value is -2.12. The van der Waals surface area contributed by atoms with E-state index < -0.39 is 0 Å². The first-order valence-corrected chi connectivity index (χ1v) is 9.11. The number of amides is 1. The number of hydrogen-bond donors (Lipinski definition) is 1. The van der Waals surface area contributed by atoms with Gasteiger partial charge in [0.15, 0.2) is 16.6 Å². The molecule has 0 atom stereocenters. The van der Waals surface area contributed by atoms with Crippen molar-refractivity contribution in [3.05, 3.63) is 34.3 Å². The van der Waals surface area contributed by atoms with Crippen molar-refractivity contribution in [3.8, 4) is 11.5 Å². The highest BCUT2D eigenvalue weighted by molar-refractivity contribution is 7.15. The van der Waals surface area contributed by atoms with Crippen LogP contribution < -0.4 is 14.8 Å². The zero-order chi connectivity index (χ0) is 18.0. The largest absolute Gasteiger partial charge is 0.493 e. The van der Waals surface area contributed by atoms with Gasteiger partial charge in [-0.2, -0.15) is 0 Å². The molecule has 1 aromatic carbocycles. The van der Waals surface area contributed by atoms with Gasteiger partial charge in [-0.3, -0.25) is 10.1 Å². The maximum atomic E-state index is 12.5. The van der Waals surface area contributed by atoms with Crippen molar-refractivity contribution in [1.29, 1.82) is 0 Å². The van der Waals surface area contributed by atoms with Crippen LogP contribution in [0, 0.1) is 0 Å². The van der Waals surface area contributed by atoms with E-state index in [1.165, 1.54) is 4.88 Å². The van der Waals surface area contributed by atoms with Gasteiger partial charge >= 0.3 is 0 Å². The van der Waals surface area contributed by atoms with E-state index in [0.29, 0.717) is 22.2 Å². The molecule has 1 N–H and O–H groups in total. The number of aromatic nitrogens is 1. The highest BCUT2D eigenvalue weighted by atomic mass is 32.1. The molecule has 7 heteroatoms. The van der Waals surface area contributed by atoms with E-state index in [1.54, 1.807) is 36.6 Å². The Morgan fingerprint density at radius 1 is 1.36 bits per heavy atom. The number of carbonyl (C=O) groups is 1. The van der Waals surface area contributed by atoms with Crippen LogP contribution in [0.1, 0.15) is 34.8 Å². The van der Waals surface area contributed by atoms with Crippen molar-refractivity contribution in [2.24, 2.45) is 0 Å². The second kappa shape index (κ2) is 7.41. The standard InChI is InChI=1S/C18H23N3O3S/c1-11(2)24-14-6-5-12(9-15(14)23-4)17(22)20-18-19-13-7-8-21(3)10-16(13)25-18/h5-6,9,11H,7-8,10H2,1-4H3,(H,19,20,22). The number of anilines is 1. The molecular weight excluding hydrogens is 338 g/mol. The molecule has 1 aliphatic rings. The number of carbonyl (C=O) groups excluding carboxylic acids is 1. The lowest BCUT2D eigenvalue weighted by atomic mass is 10.2. The predicted octanol–water partition coefficient (Wildman–Crippen LogP) is 3.18. The topological polar surface area (TPSA) is 63.7 Å². The van der Waals surface area contributed by atoms with Gasteiger partial charge < -0.3 is 14.4 Å². The molecule has 6 nitrogen and oxygen atoms in total. The lowest BCUT2D eigenvalue weighted by Crippen LogP contribution is -2.25. The maximum Gasteiger partial charge on any atom is 0.257 e. The molecule has 0 radical (unpaired) electrons. The minimum atomic E-state index is -0.200. The van der Waals surface area contributed by atoms with E-state index in [1.807, 2.05) is 13.8 Å². The molecule has 3 rings (SSSR count). The summed E-state index contributed by atoms with van der Waals surface area (Å²) in [6.07, 6.45) is 0.959. The number of methoxy groups -OCH3 is 1. The van der Waals surface area contributed by atoms with Crippen LogP contribution in [-0.4, -0.2) is 42.6 Å². The van der Waals surface area contributed by atoms with E-state index in [4.69, 9.17) is 9.47 Å². The Morgan fingerprint density at radius 3 is 2.88 bits per heavy atom. The van der Waals surface area contributed by atoms with Gasteiger partial charge in [0.2, 0.25) is 0 Å². The third-order valence-electron chi connectivity index (χ3n) is 3.93. The highest BCUT2D eigenvalue weighted by Crippen LogP contribution is 2.31. The predicted molar refractivity (Wildman–Crippen MR) is 98.9 cm³/mol. The first-order valence-electron chi connectivity index (χ1n) is 8.29. The van der Waals surface area contributed by atoms with Crippen LogP contribution in [0.25, 0.3) is 0 Å². The van der Waals surface area contributed by atoms with Gasteiger partial charge in [-0.15, -0.1) is 11.3 Å². The number of thiazole rings is 1. The van der Waals surface area contributed by atoms with E-state index in [0.717, 1.165) is 25.2 Å². The Kier molecular flexibility index (Phi) is 5.24. The van der Waals surface area contributed by atoms with Crippen molar-refractivity contribution < 1.29 is 14.3 Å². The molecule has 2 heterocycles. The van der Waals surface area contributed by atoms with Crippen LogP contribution in [0.4, 0.5) is 5.13 Å². The molecule has 2 aromatic rings. The molecule has 1 amide bonds. The van der Waals surface area contributed by atoms with Crippen LogP contribution in [-0.2, 0) is 13.0 Å². The van der Waals surface area contributed by atoms with E-state index in [2.05, 4.69) is 22.2 Å². The van der Waals surface area contributed by atoms with E-state index in [-0.39, 0.29) is 12.0 Å². The monoisotopic (exact) mass is 361 g/mol. The summed E-state index contributed by atoms with van der Waals surface area (Å²) in [5, 5.41) is 3.54. The highest BCUT2D eigenvalue weighted by Gasteiger charge is 2.20. The smallest absolute Gasteiger partial charge is 0.257 e. The van der Waals surface area contributed by atoms with Gasteiger partial charge in [0.25, 0.3) is 5.91 Å². The number of nitrogens with zero attached hydrogens (tertiary/aromatic N) is 2. The molecular formula is C18H23N3O3S. The number of hydrogen-bond acceptors (Lipinski definition) is 6. The lowest BCUT2D eigenvalue weighted by Gasteiger charge is -2.20. The van der Waals surface area contributed by atoms with Gasteiger partial charge in [0.05, 0.1) is 18.9 Å². The molecule has 134 valence electrons. The van der Waals surface area contributed by atoms with Crippen molar-refractivity contribution in [2.45, 2.75) is 32.9 Å². The van der Waals surface area contributed by atoms with Crippen molar-refractivity contribution >= 4 is 22.4 Å². The van der Waals surface area contributed by atoms with Crippen molar-refractivity contribution in [2.75, 3.05) is 26.0 Å². The summed E-state index contributed by atoms with van der Waals surface area (Å²) >= 11 is 1.54. The summed E-state index contributed by atoms with van der Waals surface area (Å²) in [6, 6.07) is 5.18. The third kappa shape index (κ3) is 4.11. The number of likely N-dealkylation sites (N-methyl/N-ethyl adjacent to an activating group) is 1. The van der Waals surface area contributed by atoms with Gasteiger partial charge in [-0.05, 0) is 39.1 Å². The van der Waals surface area contributed by atoms with E-state index in [9.17, 15) is 4.79 Å². The Balaban J connectivity index is 1.75. The average Bonchev–Trinajstić information content (AvgIpc) is 2.95. The Labute approximate surface area is 151 Å². The molecule has 0 aliphatic carbocycles. The summed E-state index contributed by atoms with van der Waals surface area (Å²) in [5.74, 6) is 0.969. The lowest BCUT2D eigenvalue weighted by molar-refractivity contribution is 0.102. The quantitative estimate of drug-likeness (QED) is 0.886. The van der Waals surface area contributed by atoms with Gasteiger partial charge in [-0.25, -0.2) is 4.98 Å². The van der Waals surface area contributed by atoms with Crippen molar-refractivity contribution in [3.63, 3.8) is 0 Å². The number of nitrogens with one attached hydrogen (secondary N) is 1. The SMILES string of the molecule is COc1cc(C(=O)Nc2nc3c(s2)CN(C)CC3)ccc1OC(C)C. The fourth-order valence-electron chi connectivity index (χ4n) is 2.71. The van der Waals surface area contributed by atoms with Crippen LogP contribution >= 0.6 is 11.3 Å². The third-order valence-corrected chi connectivity index (χ3v) is 4.93. The van der Waals surface area contributed by atoms with Crippen LogP contribution in [0.3, 0.4) is 0 Å². The first-order chi connectivity index (χ1) is 12.0. The zero-order valence-corrected chi connectivity index (χ0v) is 15.8. The summed E-state index contributed by atoms with van der Waals surface area (Å²) in [7, 11) is 3.66. The van der Waals surface area contributed by atoms with Crippen LogP contribution in [0.15, 0.2) is 18.2 Å².